The maximum absolute atomic E-state index is 13.1. The highest BCUT2D eigenvalue weighted by atomic mass is 16.5. The normalized spacial score (nSPS) is 25.8. The fourth-order valence-electron chi connectivity index (χ4n) is 4.21. The van der Waals surface area contributed by atoms with Crippen molar-refractivity contribution in [2.24, 2.45) is 0 Å². The molecule has 2 saturated heterocycles. The predicted molar refractivity (Wildman–Crippen MR) is 114 cm³/mol. The predicted octanol–water partition coefficient (Wildman–Crippen LogP) is 0.933. The van der Waals surface area contributed by atoms with Gasteiger partial charge in [0.15, 0.2) is 0 Å². The Kier molecular flexibility index (Phi) is 7.41. The highest BCUT2D eigenvalue weighted by Crippen LogP contribution is 2.28. The van der Waals surface area contributed by atoms with Crippen molar-refractivity contribution in [2.45, 2.75) is 50.2 Å². The number of aliphatic hydroxyl groups is 1. The third kappa shape index (κ3) is 5.67. The lowest BCUT2D eigenvalue weighted by molar-refractivity contribution is -0.151. The molecule has 2 aliphatic rings. The van der Waals surface area contributed by atoms with E-state index in [0.29, 0.717) is 19.4 Å². The van der Waals surface area contributed by atoms with Crippen molar-refractivity contribution in [3.05, 3.63) is 60.2 Å². The highest BCUT2D eigenvalue weighted by Gasteiger charge is 2.40. The fourth-order valence-corrected chi connectivity index (χ4v) is 4.21. The molecule has 9 heteroatoms. The Hall–Kier alpha value is -2.88. The molecule has 1 aromatic heterocycles. The number of aliphatic hydroxyl groups excluding tert-OH is 1. The van der Waals surface area contributed by atoms with E-state index in [0.717, 1.165) is 5.56 Å². The van der Waals surface area contributed by atoms with Crippen LogP contribution in [0.15, 0.2) is 48.9 Å². The largest absolute Gasteiger partial charge is 0.389 e. The number of nitrogens with one attached hydrogen (secondary N) is 1. The minimum absolute atomic E-state index is 0.0769. The zero-order valence-electron chi connectivity index (χ0n) is 17.8. The number of hydrogen-bond acceptors (Lipinski definition) is 7. The maximum Gasteiger partial charge on any atom is 0.274 e. The minimum atomic E-state index is -0.793. The first-order valence-corrected chi connectivity index (χ1v) is 10.9. The molecule has 0 bridgehead atoms. The topological polar surface area (TPSA) is 114 Å². The number of aromatic nitrogens is 2. The second kappa shape index (κ2) is 10.6. The van der Waals surface area contributed by atoms with Crippen LogP contribution >= 0.6 is 0 Å². The van der Waals surface area contributed by atoms with E-state index >= 15 is 0 Å². The monoisotopic (exact) mass is 440 g/mol. The Morgan fingerprint density at radius 2 is 2.00 bits per heavy atom. The van der Waals surface area contributed by atoms with Gasteiger partial charge in [0.05, 0.1) is 44.1 Å². The molecule has 0 aliphatic carbocycles. The van der Waals surface area contributed by atoms with Gasteiger partial charge in [-0.1, -0.05) is 30.3 Å². The fraction of sp³-hybridized carbons (Fsp3) is 0.478. The molecule has 4 atom stereocenters. The number of ether oxygens (including phenoxy) is 2. The van der Waals surface area contributed by atoms with Gasteiger partial charge in [0, 0.05) is 25.5 Å². The minimum Gasteiger partial charge on any atom is -0.389 e. The van der Waals surface area contributed by atoms with Crippen molar-refractivity contribution in [1.82, 2.24) is 20.2 Å². The van der Waals surface area contributed by atoms with Gasteiger partial charge in [0.1, 0.15) is 11.8 Å². The van der Waals surface area contributed by atoms with E-state index in [1.807, 2.05) is 30.3 Å². The van der Waals surface area contributed by atoms with Gasteiger partial charge in [-0.3, -0.25) is 14.6 Å². The Labute approximate surface area is 186 Å². The quantitative estimate of drug-likeness (QED) is 0.711. The number of β-amino-alcohol motifs (C(OH)–C–C–N with tert-alkyl or cyclic N) is 1. The van der Waals surface area contributed by atoms with Crippen molar-refractivity contribution < 1.29 is 24.2 Å². The number of fused-ring (bicyclic) bond motifs is 1. The molecule has 9 nitrogen and oxygen atoms in total. The van der Waals surface area contributed by atoms with Gasteiger partial charge in [0.25, 0.3) is 5.91 Å². The van der Waals surface area contributed by atoms with E-state index in [9.17, 15) is 14.7 Å². The van der Waals surface area contributed by atoms with Crippen LogP contribution in [0.5, 0.6) is 0 Å². The van der Waals surface area contributed by atoms with Crippen LogP contribution in [0.4, 0.5) is 0 Å². The number of rotatable bonds is 5. The van der Waals surface area contributed by atoms with Crippen LogP contribution in [0.2, 0.25) is 0 Å². The molecule has 0 saturated carbocycles. The summed E-state index contributed by atoms with van der Waals surface area (Å²) in [5.41, 5.74) is 1.26. The molecule has 4 rings (SSSR count). The molecule has 2 fully saturated rings. The van der Waals surface area contributed by atoms with Crippen molar-refractivity contribution in [3.8, 4) is 0 Å². The molecule has 2 aliphatic heterocycles. The zero-order valence-corrected chi connectivity index (χ0v) is 17.8. The number of nitrogens with zero attached hydrogens (tertiary/aromatic N) is 3. The van der Waals surface area contributed by atoms with Gasteiger partial charge < -0.3 is 24.8 Å². The lowest BCUT2D eigenvalue weighted by atomic mass is 9.94. The van der Waals surface area contributed by atoms with E-state index in [1.165, 1.54) is 18.6 Å². The van der Waals surface area contributed by atoms with Crippen molar-refractivity contribution >= 4 is 11.8 Å². The molecule has 2 amide bonds. The summed E-state index contributed by atoms with van der Waals surface area (Å²) >= 11 is 0. The second-order valence-electron chi connectivity index (χ2n) is 8.15. The third-order valence-electron chi connectivity index (χ3n) is 5.77. The summed E-state index contributed by atoms with van der Waals surface area (Å²) in [6.45, 7) is 0.954. The SMILES string of the molecule is O=C(C[C@@H]1CC[C@H]2[C@@H](COC[C@H](O)CN2C(=O)c2cnccn2)O1)NCc1ccccc1. The van der Waals surface area contributed by atoms with Crippen LogP contribution in [0.1, 0.15) is 35.3 Å². The van der Waals surface area contributed by atoms with Gasteiger partial charge in [-0.05, 0) is 18.4 Å². The van der Waals surface area contributed by atoms with Crippen LogP contribution in [-0.2, 0) is 20.8 Å². The first kappa shape index (κ1) is 22.3. The molecule has 2 aromatic rings. The molecule has 0 spiro atoms. The molecule has 32 heavy (non-hydrogen) atoms. The van der Waals surface area contributed by atoms with E-state index in [4.69, 9.17) is 9.47 Å². The van der Waals surface area contributed by atoms with Crippen molar-refractivity contribution in [2.75, 3.05) is 19.8 Å². The number of benzene rings is 1. The maximum atomic E-state index is 13.1. The lowest BCUT2D eigenvalue weighted by Gasteiger charge is -2.44. The zero-order chi connectivity index (χ0) is 22.3. The average molecular weight is 441 g/mol. The van der Waals surface area contributed by atoms with Gasteiger partial charge in [-0.15, -0.1) is 0 Å². The van der Waals surface area contributed by atoms with Gasteiger partial charge in [-0.2, -0.15) is 0 Å². The highest BCUT2D eigenvalue weighted by molar-refractivity contribution is 5.92. The second-order valence-corrected chi connectivity index (χ2v) is 8.15. The lowest BCUT2D eigenvalue weighted by Crippen LogP contribution is -2.57. The Morgan fingerprint density at radius 3 is 2.78 bits per heavy atom. The van der Waals surface area contributed by atoms with Crippen LogP contribution in [0.25, 0.3) is 0 Å². The van der Waals surface area contributed by atoms with Gasteiger partial charge in [0.2, 0.25) is 5.91 Å². The standard InChI is InChI=1S/C23H28N4O5/c28-17-13-27(23(30)19-12-24-8-9-25-19)20-7-6-18(32-21(20)15-31-14-17)10-22(29)26-11-16-4-2-1-3-5-16/h1-5,8-9,12,17-18,20-21,28H,6-7,10-11,13-15H2,(H,26,29)/t17-,18+,20+,21-/m1/s1. The molecule has 3 heterocycles. The summed E-state index contributed by atoms with van der Waals surface area (Å²) in [6, 6.07) is 9.46. The summed E-state index contributed by atoms with van der Waals surface area (Å²) in [4.78, 5) is 35.2. The first-order chi connectivity index (χ1) is 15.6. The molecular formula is C23H28N4O5. The smallest absolute Gasteiger partial charge is 0.274 e. The number of amides is 2. The number of hydrogen-bond donors (Lipinski definition) is 2. The molecule has 2 N–H and O–H groups in total. The van der Waals surface area contributed by atoms with Crippen LogP contribution in [0, 0.1) is 0 Å². The summed E-state index contributed by atoms with van der Waals surface area (Å²) in [5.74, 6) is -0.372. The van der Waals surface area contributed by atoms with Crippen molar-refractivity contribution in [1.29, 1.82) is 0 Å². The molecular weight excluding hydrogens is 412 g/mol. The summed E-state index contributed by atoms with van der Waals surface area (Å²) < 4.78 is 11.8. The van der Waals surface area contributed by atoms with Crippen LogP contribution in [-0.4, -0.2) is 75.9 Å². The van der Waals surface area contributed by atoms with E-state index in [2.05, 4.69) is 15.3 Å². The molecule has 170 valence electrons. The van der Waals surface area contributed by atoms with Gasteiger partial charge >= 0.3 is 0 Å². The number of carbonyl (C=O) groups excluding carboxylic acids is 2. The van der Waals surface area contributed by atoms with Crippen molar-refractivity contribution in [3.63, 3.8) is 0 Å². The molecule has 0 radical (unpaired) electrons. The molecule has 0 unspecified atom stereocenters. The molecule has 1 aromatic carbocycles. The van der Waals surface area contributed by atoms with E-state index in [-0.39, 0.29) is 61.9 Å². The summed E-state index contributed by atoms with van der Waals surface area (Å²) in [7, 11) is 0. The van der Waals surface area contributed by atoms with Gasteiger partial charge in [-0.25, -0.2) is 4.98 Å². The van der Waals surface area contributed by atoms with Crippen LogP contribution in [0.3, 0.4) is 0 Å². The number of carbonyl (C=O) groups is 2. The Balaban J connectivity index is 1.38. The Bertz CT molecular complexity index is 898. The summed E-state index contributed by atoms with van der Waals surface area (Å²) in [6.07, 6.45) is 4.47. The van der Waals surface area contributed by atoms with Crippen LogP contribution < -0.4 is 5.32 Å². The van der Waals surface area contributed by atoms with E-state index < -0.39 is 6.10 Å². The Morgan fingerprint density at radius 1 is 1.16 bits per heavy atom. The average Bonchev–Trinajstić information content (AvgIpc) is 2.81. The first-order valence-electron chi connectivity index (χ1n) is 10.9. The third-order valence-corrected chi connectivity index (χ3v) is 5.77. The van der Waals surface area contributed by atoms with E-state index in [1.54, 1.807) is 4.90 Å². The summed E-state index contributed by atoms with van der Waals surface area (Å²) in [5, 5.41) is 13.2.